The van der Waals surface area contributed by atoms with Gasteiger partial charge in [0.05, 0.1) is 17.0 Å². The number of hydrogen-bond acceptors (Lipinski definition) is 8. The summed E-state index contributed by atoms with van der Waals surface area (Å²) in [5.74, 6) is 0.580. The second-order valence-corrected chi connectivity index (χ2v) is 11.9. The van der Waals surface area contributed by atoms with Gasteiger partial charge in [0.1, 0.15) is 10.7 Å². The van der Waals surface area contributed by atoms with Gasteiger partial charge in [-0.05, 0) is 48.5 Å². The standard InChI is InChI=1S/C29H23ClF3N7OS2/c30-21-6-2-7-22(15-21)38-10-12-39(13-11-38)27(41)24-17-42-25(35-24)18-43-28-37-36-26(19-4-3-9-34-16-19)40(28)23-8-1-5-20(14-23)29(31,32)33/h1-9,14-17H,10-13,18H2. The van der Waals surface area contributed by atoms with Crippen molar-refractivity contribution in [2.24, 2.45) is 0 Å². The van der Waals surface area contributed by atoms with Gasteiger partial charge in [0, 0.05) is 60.2 Å². The number of benzene rings is 2. The largest absolute Gasteiger partial charge is 0.416 e. The quantitative estimate of drug-likeness (QED) is 0.183. The molecular formula is C29H23ClF3N7OS2. The maximum Gasteiger partial charge on any atom is 0.416 e. The number of thioether (sulfide) groups is 1. The first kappa shape index (κ1) is 29.1. The number of halogens is 4. The first-order chi connectivity index (χ1) is 20.8. The van der Waals surface area contributed by atoms with Crippen LogP contribution < -0.4 is 4.90 Å². The molecule has 14 heteroatoms. The summed E-state index contributed by atoms with van der Waals surface area (Å²) in [6.45, 7) is 2.49. The van der Waals surface area contributed by atoms with E-state index >= 15 is 0 Å². The van der Waals surface area contributed by atoms with E-state index in [4.69, 9.17) is 11.6 Å². The van der Waals surface area contributed by atoms with Gasteiger partial charge in [0.2, 0.25) is 0 Å². The SMILES string of the molecule is O=C(c1csc(CSc2nnc(-c3cccnc3)n2-c2cccc(C(F)(F)F)c2)n1)N1CCN(c2cccc(Cl)c2)CC1. The zero-order valence-corrected chi connectivity index (χ0v) is 24.8. The van der Waals surface area contributed by atoms with Crippen molar-refractivity contribution in [3.63, 3.8) is 0 Å². The lowest BCUT2D eigenvalue weighted by Crippen LogP contribution is -2.48. The summed E-state index contributed by atoms with van der Waals surface area (Å²) < 4.78 is 42.1. The summed E-state index contributed by atoms with van der Waals surface area (Å²) >= 11 is 8.76. The molecule has 1 fully saturated rings. The number of aromatic nitrogens is 5. The molecule has 0 radical (unpaired) electrons. The smallest absolute Gasteiger partial charge is 0.368 e. The minimum atomic E-state index is -4.50. The van der Waals surface area contributed by atoms with Gasteiger partial charge in [-0.3, -0.25) is 14.3 Å². The van der Waals surface area contributed by atoms with E-state index in [1.54, 1.807) is 45.4 Å². The Morgan fingerprint density at radius 2 is 1.77 bits per heavy atom. The monoisotopic (exact) mass is 641 g/mol. The van der Waals surface area contributed by atoms with Crippen molar-refractivity contribution in [3.05, 3.63) is 99.7 Å². The number of alkyl halides is 3. The molecule has 0 bridgehead atoms. The third-order valence-corrected chi connectivity index (χ3v) is 9.03. The Morgan fingerprint density at radius 1 is 0.977 bits per heavy atom. The predicted molar refractivity (Wildman–Crippen MR) is 161 cm³/mol. The lowest BCUT2D eigenvalue weighted by molar-refractivity contribution is -0.137. The number of carbonyl (C=O) groups excluding carboxylic acids is 1. The van der Waals surface area contributed by atoms with Crippen LogP contribution in [0.4, 0.5) is 18.9 Å². The highest BCUT2D eigenvalue weighted by atomic mass is 35.5. The van der Waals surface area contributed by atoms with Gasteiger partial charge in [0.15, 0.2) is 11.0 Å². The van der Waals surface area contributed by atoms with Crippen LogP contribution in [0.1, 0.15) is 21.1 Å². The zero-order valence-electron chi connectivity index (χ0n) is 22.4. The highest BCUT2D eigenvalue weighted by Crippen LogP contribution is 2.34. The minimum absolute atomic E-state index is 0.135. The number of thiazole rings is 1. The van der Waals surface area contributed by atoms with Crippen molar-refractivity contribution in [1.82, 2.24) is 29.6 Å². The summed E-state index contributed by atoms with van der Waals surface area (Å²) in [6.07, 6.45) is -1.32. The molecule has 0 saturated carbocycles. The Labute approximate surface area is 258 Å². The van der Waals surface area contributed by atoms with Crippen LogP contribution in [0.15, 0.2) is 83.6 Å². The van der Waals surface area contributed by atoms with Crippen molar-refractivity contribution in [2.75, 3.05) is 31.1 Å². The maximum atomic E-state index is 13.5. The Morgan fingerprint density at radius 3 is 2.51 bits per heavy atom. The first-order valence-corrected chi connectivity index (χ1v) is 15.4. The third kappa shape index (κ3) is 6.53. The molecule has 43 heavy (non-hydrogen) atoms. The Bertz CT molecular complexity index is 1740. The molecule has 1 amide bonds. The molecule has 8 nitrogen and oxygen atoms in total. The molecule has 1 saturated heterocycles. The molecule has 5 aromatic rings. The molecule has 0 unspecified atom stereocenters. The number of piperazine rings is 1. The average molecular weight is 642 g/mol. The zero-order chi connectivity index (χ0) is 30.0. The molecule has 220 valence electrons. The first-order valence-electron chi connectivity index (χ1n) is 13.2. The van der Waals surface area contributed by atoms with E-state index in [2.05, 4.69) is 25.1 Å². The fourth-order valence-electron chi connectivity index (χ4n) is 4.70. The summed E-state index contributed by atoms with van der Waals surface area (Å²) in [4.78, 5) is 25.9. The molecule has 4 heterocycles. The Kier molecular flexibility index (Phi) is 8.37. The maximum absolute atomic E-state index is 13.5. The lowest BCUT2D eigenvalue weighted by atomic mass is 10.2. The minimum Gasteiger partial charge on any atom is -0.368 e. The van der Waals surface area contributed by atoms with Crippen LogP contribution in [-0.4, -0.2) is 61.7 Å². The molecule has 0 spiro atoms. The van der Waals surface area contributed by atoms with E-state index in [-0.39, 0.29) is 11.6 Å². The number of amides is 1. The topological polar surface area (TPSA) is 80.0 Å². The van der Waals surface area contributed by atoms with E-state index in [0.717, 1.165) is 17.8 Å². The van der Waals surface area contributed by atoms with Crippen LogP contribution in [0.3, 0.4) is 0 Å². The highest BCUT2D eigenvalue weighted by Gasteiger charge is 2.31. The van der Waals surface area contributed by atoms with Crippen LogP contribution in [0, 0.1) is 0 Å². The van der Waals surface area contributed by atoms with Crippen molar-refractivity contribution in [3.8, 4) is 17.1 Å². The predicted octanol–water partition coefficient (Wildman–Crippen LogP) is 6.71. The van der Waals surface area contributed by atoms with Gasteiger partial charge < -0.3 is 9.80 Å². The molecule has 6 rings (SSSR count). The van der Waals surface area contributed by atoms with E-state index in [1.807, 2.05) is 24.3 Å². The second-order valence-electron chi connectivity index (χ2n) is 9.61. The summed E-state index contributed by atoms with van der Waals surface area (Å²) in [6, 6.07) is 16.2. The van der Waals surface area contributed by atoms with Crippen molar-refractivity contribution in [2.45, 2.75) is 17.1 Å². The number of rotatable bonds is 7. The Hall–Kier alpha value is -3.94. The third-order valence-electron chi connectivity index (χ3n) is 6.82. The summed E-state index contributed by atoms with van der Waals surface area (Å²) in [5, 5.41) is 12.0. The molecule has 0 atom stereocenters. The number of pyridine rings is 1. The fraction of sp³-hybridized carbons (Fsp3) is 0.207. The molecule has 0 aliphatic carbocycles. The summed E-state index contributed by atoms with van der Waals surface area (Å²) in [7, 11) is 0. The van der Waals surface area contributed by atoms with Crippen molar-refractivity contribution < 1.29 is 18.0 Å². The molecule has 0 N–H and O–H groups in total. The lowest BCUT2D eigenvalue weighted by Gasteiger charge is -2.35. The van der Waals surface area contributed by atoms with Gasteiger partial charge in [-0.25, -0.2) is 4.98 Å². The van der Waals surface area contributed by atoms with E-state index < -0.39 is 11.7 Å². The van der Waals surface area contributed by atoms with Gasteiger partial charge >= 0.3 is 6.18 Å². The Balaban J connectivity index is 1.17. The summed E-state index contributed by atoms with van der Waals surface area (Å²) in [5.41, 5.74) is 1.50. The van der Waals surface area contributed by atoms with Crippen LogP contribution in [0.5, 0.6) is 0 Å². The van der Waals surface area contributed by atoms with Crippen molar-refractivity contribution >= 4 is 46.3 Å². The molecule has 2 aromatic carbocycles. The number of carbonyl (C=O) groups is 1. The highest BCUT2D eigenvalue weighted by molar-refractivity contribution is 7.98. The van der Waals surface area contributed by atoms with Crippen LogP contribution >= 0.6 is 34.7 Å². The number of anilines is 1. The van der Waals surface area contributed by atoms with Crippen LogP contribution in [0.2, 0.25) is 5.02 Å². The van der Waals surface area contributed by atoms with Crippen molar-refractivity contribution in [1.29, 1.82) is 0 Å². The molecule has 1 aliphatic heterocycles. The van der Waals surface area contributed by atoms with E-state index in [0.29, 0.717) is 64.2 Å². The number of hydrogen-bond donors (Lipinski definition) is 0. The number of nitrogens with zero attached hydrogens (tertiary/aromatic N) is 7. The van der Waals surface area contributed by atoms with E-state index in [1.165, 1.54) is 29.2 Å². The van der Waals surface area contributed by atoms with Gasteiger partial charge in [-0.2, -0.15) is 13.2 Å². The molecule has 3 aromatic heterocycles. The van der Waals surface area contributed by atoms with Gasteiger partial charge in [-0.1, -0.05) is 35.5 Å². The molecular weight excluding hydrogens is 619 g/mol. The van der Waals surface area contributed by atoms with Gasteiger partial charge in [0.25, 0.3) is 5.91 Å². The van der Waals surface area contributed by atoms with Crippen LogP contribution in [-0.2, 0) is 11.9 Å². The van der Waals surface area contributed by atoms with Crippen LogP contribution in [0.25, 0.3) is 17.1 Å². The normalized spacial score (nSPS) is 13.9. The van der Waals surface area contributed by atoms with E-state index in [9.17, 15) is 18.0 Å². The van der Waals surface area contributed by atoms with Gasteiger partial charge in [-0.15, -0.1) is 21.5 Å². The average Bonchev–Trinajstić information content (AvgIpc) is 3.67. The second kappa shape index (κ2) is 12.3. The fourth-order valence-corrected chi connectivity index (χ4v) is 6.63. The molecule has 1 aliphatic rings.